The molecule has 0 aliphatic carbocycles. The Balaban J connectivity index is 1.58. The number of amides is 7. The van der Waals surface area contributed by atoms with Crippen LogP contribution in [-0.2, 0) is 49.5 Å². The zero-order valence-corrected chi connectivity index (χ0v) is 41.4. The number of fused-ring (bicyclic) bond motifs is 3. The van der Waals surface area contributed by atoms with E-state index in [9.17, 15) is 33.6 Å². The molecule has 1 aromatic rings. The normalized spacial score (nSPS) is 28.1. The fourth-order valence-electron chi connectivity index (χ4n) is 8.57. The maximum absolute atomic E-state index is 14.5. The first-order chi connectivity index (χ1) is 31.6. The molecule has 1 aromatic carbocycles. The van der Waals surface area contributed by atoms with Gasteiger partial charge in [0.2, 0.25) is 41.4 Å². The van der Waals surface area contributed by atoms with Crippen molar-refractivity contribution in [2.24, 2.45) is 16.8 Å². The second kappa shape index (κ2) is 22.8. The van der Waals surface area contributed by atoms with Crippen LogP contribution in [0.2, 0.25) is 0 Å². The van der Waals surface area contributed by atoms with E-state index in [4.69, 9.17) is 14.5 Å². The molecule has 9 atom stereocenters. The number of nitrogens with one attached hydrogen (secondary N) is 5. The lowest BCUT2D eigenvalue weighted by Gasteiger charge is -2.35. The van der Waals surface area contributed by atoms with Gasteiger partial charge in [-0.2, -0.15) is 0 Å². The van der Waals surface area contributed by atoms with Crippen LogP contribution >= 0.6 is 11.8 Å². The highest BCUT2D eigenvalue weighted by atomic mass is 32.2. The topological polar surface area (TPSA) is 217 Å². The lowest BCUT2D eigenvalue weighted by Crippen LogP contribution is -2.62. The summed E-state index contributed by atoms with van der Waals surface area (Å²) in [6.45, 7) is 23.8. The van der Waals surface area contributed by atoms with Crippen LogP contribution in [0.25, 0.3) is 0 Å². The van der Waals surface area contributed by atoms with Gasteiger partial charge in [-0.1, -0.05) is 70.2 Å². The van der Waals surface area contributed by atoms with Gasteiger partial charge >= 0.3 is 0 Å². The quantitative estimate of drug-likeness (QED) is 0.193. The van der Waals surface area contributed by atoms with Crippen molar-refractivity contribution in [3.05, 3.63) is 61.2 Å². The summed E-state index contributed by atoms with van der Waals surface area (Å²) in [6.07, 6.45) is 4.19. The molecule has 5 rings (SSSR count). The van der Waals surface area contributed by atoms with E-state index < -0.39 is 119 Å². The molecule has 4 aliphatic heterocycles. The van der Waals surface area contributed by atoms with Gasteiger partial charge in [0.05, 0.1) is 35.0 Å². The third-order valence-electron chi connectivity index (χ3n) is 12.8. The van der Waals surface area contributed by atoms with E-state index in [1.807, 2.05) is 30.3 Å². The van der Waals surface area contributed by atoms with Crippen molar-refractivity contribution in [2.45, 2.75) is 160 Å². The van der Waals surface area contributed by atoms with Gasteiger partial charge in [-0.15, -0.1) is 24.9 Å². The summed E-state index contributed by atoms with van der Waals surface area (Å²) >= 11 is 1.29. The number of ether oxygens (including phenoxy) is 2. The predicted octanol–water partition coefficient (Wildman–Crippen LogP) is 2.83. The highest BCUT2D eigenvalue weighted by Gasteiger charge is 2.45. The lowest BCUT2D eigenvalue weighted by molar-refractivity contribution is -0.146. The van der Waals surface area contributed by atoms with E-state index in [-0.39, 0.29) is 31.9 Å². The average Bonchev–Trinajstić information content (AvgIpc) is 4.09. The van der Waals surface area contributed by atoms with Crippen LogP contribution in [0.4, 0.5) is 0 Å². The molecule has 2 fully saturated rings. The van der Waals surface area contributed by atoms with E-state index in [1.165, 1.54) is 21.6 Å². The molecule has 4 aliphatic rings. The molecule has 2 saturated heterocycles. The Morgan fingerprint density at radius 2 is 1.19 bits per heavy atom. The summed E-state index contributed by atoms with van der Waals surface area (Å²) in [6, 6.07) is 1.14. The van der Waals surface area contributed by atoms with Crippen molar-refractivity contribution in [3.63, 3.8) is 0 Å². The second-order valence-corrected chi connectivity index (χ2v) is 20.7. The average molecular weight is 949 g/mol. The van der Waals surface area contributed by atoms with Gasteiger partial charge in [0.1, 0.15) is 42.3 Å². The summed E-state index contributed by atoms with van der Waals surface area (Å²) in [7, 11) is 0. The fourth-order valence-corrected chi connectivity index (χ4v) is 9.67. The Labute approximate surface area is 399 Å². The van der Waals surface area contributed by atoms with Crippen LogP contribution in [0.5, 0.6) is 0 Å². The number of hydrogen-bond donors (Lipinski definition) is 5. The van der Waals surface area contributed by atoms with Gasteiger partial charge in [0, 0.05) is 18.8 Å². The summed E-state index contributed by atoms with van der Waals surface area (Å²) in [5, 5.41) is 15.1. The Hall–Kier alpha value is -5.07. The zero-order valence-electron chi connectivity index (χ0n) is 40.6. The second-order valence-electron chi connectivity index (χ2n) is 19.7. The predicted molar refractivity (Wildman–Crippen MR) is 258 cm³/mol. The lowest BCUT2D eigenvalue weighted by atomic mass is 9.99. The van der Waals surface area contributed by atoms with E-state index in [0.717, 1.165) is 5.56 Å². The van der Waals surface area contributed by atoms with Crippen molar-refractivity contribution in [3.8, 4) is 0 Å². The van der Waals surface area contributed by atoms with E-state index in [1.54, 1.807) is 74.5 Å². The highest BCUT2D eigenvalue weighted by molar-refractivity contribution is 8.14. The minimum absolute atomic E-state index is 0.190. The maximum atomic E-state index is 14.5. The standard InChI is InChI=1S/C49H72N8O9S/c1-12-48(8,9)65-26-33-40(58)50-32(25-31-19-15-14-16-20-31)45-52-34(27-67-45)41(59)55-39(30(7)66-49(10,11)13-2)44(62)54-38(29(5)6)47(64)57-24-18-22-36(57)43(61)53-37(28(3)4)46(63)56-23-17-21-35(56)42(60)51-33/h12-16,19-20,28-30,32-39H,1-2,17-18,21-27H2,3-11H3,(H,50,58)(H,51,60)(H,53,61)(H,54,62)(H,55,59)/t30-,32+,33+,34+,35+,36+,37+,38+,39+/m1/s1. The number of aliphatic imine (C=N–C) groups is 1. The van der Waals surface area contributed by atoms with Gasteiger partial charge < -0.3 is 45.9 Å². The van der Waals surface area contributed by atoms with Crippen molar-refractivity contribution in [1.29, 1.82) is 0 Å². The largest absolute Gasteiger partial charge is 0.369 e. The number of hydrogen-bond acceptors (Lipinski definition) is 11. The summed E-state index contributed by atoms with van der Waals surface area (Å²) in [4.78, 5) is 109. The number of nitrogens with zero attached hydrogens (tertiary/aromatic N) is 3. The molecule has 368 valence electrons. The first-order valence-electron chi connectivity index (χ1n) is 23.5. The number of rotatable bonds is 12. The van der Waals surface area contributed by atoms with E-state index in [0.29, 0.717) is 30.7 Å². The number of thioether (sulfide) groups is 1. The van der Waals surface area contributed by atoms with Crippen LogP contribution in [0.1, 0.15) is 93.6 Å². The fraction of sp³-hybridized carbons (Fsp3) is 0.633. The highest BCUT2D eigenvalue weighted by Crippen LogP contribution is 2.27. The van der Waals surface area contributed by atoms with Crippen molar-refractivity contribution in [2.75, 3.05) is 25.4 Å². The minimum atomic E-state index is -1.30. The summed E-state index contributed by atoms with van der Waals surface area (Å²) in [5.41, 5.74) is -0.903. The molecule has 7 amide bonds. The molecule has 4 heterocycles. The Bertz CT molecular complexity index is 2040. The Morgan fingerprint density at radius 1 is 0.687 bits per heavy atom. The molecule has 67 heavy (non-hydrogen) atoms. The molecule has 0 aromatic heterocycles. The third kappa shape index (κ3) is 13.6. The first-order valence-corrected chi connectivity index (χ1v) is 24.5. The smallest absolute Gasteiger partial charge is 0.246 e. The maximum Gasteiger partial charge on any atom is 0.246 e. The van der Waals surface area contributed by atoms with Crippen molar-refractivity contribution < 1.29 is 43.0 Å². The molecule has 0 spiro atoms. The van der Waals surface area contributed by atoms with Crippen LogP contribution in [-0.4, -0.2) is 147 Å². The van der Waals surface area contributed by atoms with Gasteiger partial charge in [-0.05, 0) is 84.1 Å². The monoisotopic (exact) mass is 949 g/mol. The van der Waals surface area contributed by atoms with Crippen LogP contribution in [0.3, 0.4) is 0 Å². The molecule has 2 bridgehead atoms. The van der Waals surface area contributed by atoms with Gasteiger partial charge in [-0.3, -0.25) is 38.6 Å². The number of carbonyl (C=O) groups excluding carboxylic acids is 7. The zero-order chi connectivity index (χ0) is 49.4. The van der Waals surface area contributed by atoms with E-state index >= 15 is 0 Å². The summed E-state index contributed by atoms with van der Waals surface area (Å²) < 4.78 is 12.4. The SMILES string of the molecule is C=CC(C)(C)OC[C@@H]1NC(=O)[C@@H]2CCCN2C(=O)[C@H](C(C)C)NC(=O)[C@@H]2CCCN2C(=O)[C@H](C(C)C)NC(=O)[C@H]([C@@H](C)OC(C)(C)C=C)NC(=O)[C@@H]2CSC(=N2)[C@H](Cc2ccccc2)NC1=O. The molecular formula is C49H72N8O9S. The van der Waals surface area contributed by atoms with Crippen LogP contribution in [0.15, 0.2) is 60.6 Å². The molecule has 0 saturated carbocycles. The van der Waals surface area contributed by atoms with Crippen LogP contribution in [0, 0.1) is 11.8 Å². The molecule has 5 N–H and O–H groups in total. The molecule has 0 radical (unpaired) electrons. The van der Waals surface area contributed by atoms with Crippen LogP contribution < -0.4 is 26.6 Å². The Morgan fingerprint density at radius 3 is 1.73 bits per heavy atom. The van der Waals surface area contributed by atoms with Crippen molar-refractivity contribution >= 4 is 58.2 Å². The molecule has 0 unspecified atom stereocenters. The number of benzene rings is 1. The molecular weight excluding hydrogens is 877 g/mol. The van der Waals surface area contributed by atoms with Gasteiger partial charge in [0.25, 0.3) is 0 Å². The first kappa shape index (κ1) is 52.9. The third-order valence-corrected chi connectivity index (χ3v) is 14.0. The van der Waals surface area contributed by atoms with Gasteiger partial charge in [0.15, 0.2) is 0 Å². The Kier molecular flexibility index (Phi) is 18.0. The molecule has 17 nitrogen and oxygen atoms in total. The van der Waals surface area contributed by atoms with Gasteiger partial charge in [-0.25, -0.2) is 0 Å². The summed E-state index contributed by atoms with van der Waals surface area (Å²) in [5.74, 6) is -4.50. The minimum Gasteiger partial charge on any atom is -0.369 e. The van der Waals surface area contributed by atoms with E-state index in [2.05, 4.69) is 39.7 Å². The number of carbonyl (C=O) groups is 7. The van der Waals surface area contributed by atoms with Crippen molar-refractivity contribution in [1.82, 2.24) is 36.4 Å². The molecule has 18 heteroatoms.